The van der Waals surface area contributed by atoms with Crippen LogP contribution in [0.3, 0.4) is 0 Å². The monoisotopic (exact) mass is 324 g/mol. The highest BCUT2D eigenvalue weighted by molar-refractivity contribution is 9.10. The number of aromatic nitrogens is 1. The first kappa shape index (κ1) is 13.5. The van der Waals surface area contributed by atoms with Crippen molar-refractivity contribution in [1.29, 1.82) is 0 Å². The molecule has 0 saturated carbocycles. The summed E-state index contributed by atoms with van der Waals surface area (Å²) in [5.41, 5.74) is 2.38. The fourth-order valence-electron chi connectivity index (χ4n) is 1.69. The Morgan fingerprint density at radius 3 is 2.67 bits per heavy atom. The number of hydrogen-bond donors (Lipinski definition) is 1. The second-order valence-corrected chi connectivity index (χ2v) is 5.52. The van der Waals surface area contributed by atoms with Crippen molar-refractivity contribution in [2.45, 2.75) is 19.5 Å². The van der Waals surface area contributed by atoms with Gasteiger partial charge >= 0.3 is 0 Å². The van der Waals surface area contributed by atoms with Gasteiger partial charge in [0.2, 0.25) is 0 Å². The summed E-state index contributed by atoms with van der Waals surface area (Å²) in [6.07, 6.45) is 3.65. The minimum absolute atomic E-state index is 0.279. The third-order valence-electron chi connectivity index (χ3n) is 2.74. The van der Waals surface area contributed by atoms with Crippen LogP contribution in [0.5, 0.6) is 0 Å². The zero-order chi connectivity index (χ0) is 13.0. The predicted molar refractivity (Wildman–Crippen MR) is 78.6 cm³/mol. The number of hydrogen-bond acceptors (Lipinski definition) is 2. The molecule has 0 aliphatic carbocycles. The van der Waals surface area contributed by atoms with E-state index in [0.29, 0.717) is 0 Å². The molecule has 0 spiro atoms. The van der Waals surface area contributed by atoms with Gasteiger partial charge in [0, 0.05) is 34.5 Å². The minimum Gasteiger partial charge on any atom is -0.306 e. The lowest BCUT2D eigenvalue weighted by Crippen LogP contribution is -2.18. The Bertz CT molecular complexity index is 513. The van der Waals surface area contributed by atoms with Crippen LogP contribution in [0.15, 0.2) is 47.2 Å². The molecule has 0 fully saturated rings. The van der Waals surface area contributed by atoms with Crippen molar-refractivity contribution in [1.82, 2.24) is 10.3 Å². The molecule has 1 heterocycles. The smallest absolute Gasteiger partial charge is 0.0410 e. The van der Waals surface area contributed by atoms with Crippen LogP contribution < -0.4 is 5.32 Å². The first-order chi connectivity index (χ1) is 8.65. The van der Waals surface area contributed by atoms with Crippen LogP contribution in [0.25, 0.3) is 0 Å². The molecule has 0 bridgehead atoms. The van der Waals surface area contributed by atoms with E-state index in [-0.39, 0.29) is 6.04 Å². The van der Waals surface area contributed by atoms with E-state index in [2.05, 4.69) is 39.2 Å². The summed E-state index contributed by atoms with van der Waals surface area (Å²) in [5.74, 6) is 0. The van der Waals surface area contributed by atoms with Gasteiger partial charge in [-0.2, -0.15) is 0 Å². The van der Waals surface area contributed by atoms with Crippen LogP contribution in [0.4, 0.5) is 0 Å². The average Bonchev–Trinajstić information content (AvgIpc) is 2.37. The quantitative estimate of drug-likeness (QED) is 0.904. The summed E-state index contributed by atoms with van der Waals surface area (Å²) < 4.78 is 1.00. The number of halogens is 2. The number of nitrogens with one attached hydrogen (secondary N) is 1. The lowest BCUT2D eigenvalue weighted by atomic mass is 10.1. The number of pyridine rings is 1. The van der Waals surface area contributed by atoms with Crippen LogP contribution in [-0.4, -0.2) is 4.98 Å². The molecule has 4 heteroatoms. The van der Waals surface area contributed by atoms with E-state index in [1.165, 1.54) is 5.56 Å². The zero-order valence-electron chi connectivity index (χ0n) is 10.0. The molecule has 0 radical (unpaired) electrons. The molecule has 1 atom stereocenters. The van der Waals surface area contributed by atoms with Crippen LogP contribution in [0, 0.1) is 0 Å². The van der Waals surface area contributed by atoms with E-state index in [1.807, 2.05) is 30.5 Å². The van der Waals surface area contributed by atoms with Crippen molar-refractivity contribution in [2.75, 3.05) is 0 Å². The largest absolute Gasteiger partial charge is 0.306 e. The summed E-state index contributed by atoms with van der Waals surface area (Å²) in [6.45, 7) is 2.92. The lowest BCUT2D eigenvalue weighted by Gasteiger charge is -2.14. The maximum absolute atomic E-state index is 5.87. The molecule has 2 nitrogen and oxygen atoms in total. The van der Waals surface area contributed by atoms with Gasteiger partial charge in [0.15, 0.2) is 0 Å². The highest BCUT2D eigenvalue weighted by Gasteiger charge is 2.04. The van der Waals surface area contributed by atoms with Crippen molar-refractivity contribution in [3.63, 3.8) is 0 Å². The van der Waals surface area contributed by atoms with Gasteiger partial charge in [0.25, 0.3) is 0 Å². The fourth-order valence-corrected chi connectivity index (χ4v) is 2.23. The maximum Gasteiger partial charge on any atom is 0.0410 e. The fraction of sp³-hybridized carbons (Fsp3) is 0.214. The number of benzene rings is 1. The molecular weight excluding hydrogens is 312 g/mol. The maximum atomic E-state index is 5.87. The molecule has 2 rings (SSSR count). The highest BCUT2D eigenvalue weighted by Crippen LogP contribution is 2.17. The molecule has 1 unspecified atom stereocenters. The van der Waals surface area contributed by atoms with Gasteiger partial charge < -0.3 is 5.32 Å². The molecule has 0 amide bonds. The summed E-state index contributed by atoms with van der Waals surface area (Å²) in [4.78, 5) is 4.14. The van der Waals surface area contributed by atoms with E-state index in [9.17, 15) is 0 Å². The average molecular weight is 326 g/mol. The number of rotatable bonds is 4. The first-order valence-electron chi connectivity index (χ1n) is 5.73. The SMILES string of the molecule is CC(NCc1cncc(Br)c1)c1ccc(Cl)cc1. The normalized spacial score (nSPS) is 12.4. The lowest BCUT2D eigenvalue weighted by molar-refractivity contribution is 0.574. The van der Waals surface area contributed by atoms with Gasteiger partial charge in [0.05, 0.1) is 0 Å². The van der Waals surface area contributed by atoms with Crippen molar-refractivity contribution >= 4 is 27.5 Å². The minimum atomic E-state index is 0.279. The second-order valence-electron chi connectivity index (χ2n) is 4.17. The topological polar surface area (TPSA) is 24.9 Å². The molecule has 1 aromatic heterocycles. The summed E-state index contributed by atoms with van der Waals surface area (Å²) in [7, 11) is 0. The van der Waals surface area contributed by atoms with Crippen LogP contribution in [0.2, 0.25) is 5.02 Å². The van der Waals surface area contributed by atoms with Crippen LogP contribution in [0.1, 0.15) is 24.1 Å². The Morgan fingerprint density at radius 1 is 1.28 bits per heavy atom. The van der Waals surface area contributed by atoms with Gasteiger partial charge in [-0.3, -0.25) is 4.98 Å². The Morgan fingerprint density at radius 2 is 2.00 bits per heavy atom. The molecule has 0 saturated heterocycles. The first-order valence-corrected chi connectivity index (χ1v) is 6.90. The number of nitrogens with zero attached hydrogens (tertiary/aromatic N) is 1. The van der Waals surface area contributed by atoms with E-state index in [4.69, 9.17) is 11.6 Å². The Kier molecular flexibility index (Phi) is 4.75. The molecule has 0 aliphatic heterocycles. The molecular formula is C14H14BrClN2. The third-order valence-corrected chi connectivity index (χ3v) is 3.43. The van der Waals surface area contributed by atoms with E-state index in [0.717, 1.165) is 21.6 Å². The summed E-state index contributed by atoms with van der Waals surface area (Å²) >= 11 is 9.29. The second kappa shape index (κ2) is 6.32. The molecule has 18 heavy (non-hydrogen) atoms. The molecule has 1 N–H and O–H groups in total. The highest BCUT2D eigenvalue weighted by atomic mass is 79.9. The Balaban J connectivity index is 1.96. The standard InChI is InChI=1S/C14H14BrClN2/c1-10(12-2-4-14(16)5-3-12)18-8-11-6-13(15)9-17-7-11/h2-7,9-10,18H,8H2,1H3. The van der Waals surface area contributed by atoms with E-state index in [1.54, 1.807) is 6.20 Å². The molecule has 94 valence electrons. The van der Waals surface area contributed by atoms with Gasteiger partial charge in [-0.05, 0) is 52.2 Å². The van der Waals surface area contributed by atoms with Crippen LogP contribution >= 0.6 is 27.5 Å². The van der Waals surface area contributed by atoms with Crippen LogP contribution in [-0.2, 0) is 6.54 Å². The predicted octanol–water partition coefficient (Wildman–Crippen LogP) is 4.35. The molecule has 2 aromatic rings. The van der Waals surface area contributed by atoms with Crippen molar-refractivity contribution < 1.29 is 0 Å². The summed E-state index contributed by atoms with van der Waals surface area (Å²) in [6, 6.07) is 10.2. The van der Waals surface area contributed by atoms with E-state index < -0.39 is 0 Å². The van der Waals surface area contributed by atoms with Gasteiger partial charge in [0.1, 0.15) is 0 Å². The third kappa shape index (κ3) is 3.80. The van der Waals surface area contributed by atoms with Crippen molar-refractivity contribution in [2.24, 2.45) is 0 Å². The van der Waals surface area contributed by atoms with Gasteiger partial charge in [-0.15, -0.1) is 0 Å². The van der Waals surface area contributed by atoms with E-state index >= 15 is 0 Å². The molecule has 1 aromatic carbocycles. The summed E-state index contributed by atoms with van der Waals surface area (Å²) in [5, 5.41) is 4.22. The van der Waals surface area contributed by atoms with Crippen molar-refractivity contribution in [3.8, 4) is 0 Å². The van der Waals surface area contributed by atoms with Crippen molar-refractivity contribution in [3.05, 3.63) is 63.3 Å². The zero-order valence-corrected chi connectivity index (χ0v) is 12.4. The Labute approximate surface area is 121 Å². The van der Waals surface area contributed by atoms with Gasteiger partial charge in [-0.1, -0.05) is 23.7 Å². The molecule has 0 aliphatic rings. The Hall–Kier alpha value is -0.900. The van der Waals surface area contributed by atoms with Gasteiger partial charge in [-0.25, -0.2) is 0 Å².